The Hall–Kier alpha value is -2.03. The van der Waals surface area contributed by atoms with Crippen molar-refractivity contribution in [1.82, 2.24) is 0 Å². The van der Waals surface area contributed by atoms with Gasteiger partial charge < -0.3 is 9.73 Å². The lowest BCUT2D eigenvalue weighted by atomic mass is 10.0. The van der Waals surface area contributed by atoms with E-state index in [1.165, 1.54) is 0 Å². The zero-order valence-electron chi connectivity index (χ0n) is 9.28. The maximum absolute atomic E-state index is 11.4. The number of carbonyl (C=O) groups excluding carboxylic acids is 1. The van der Waals surface area contributed by atoms with Gasteiger partial charge in [-0.05, 0) is 31.2 Å². The molecule has 0 radical (unpaired) electrons. The Labute approximate surface area is 94.1 Å². The summed E-state index contributed by atoms with van der Waals surface area (Å²) in [5.41, 5.74) is 2.47. The van der Waals surface area contributed by atoms with E-state index < -0.39 is 0 Å². The predicted molar refractivity (Wildman–Crippen MR) is 63.7 cm³/mol. The van der Waals surface area contributed by atoms with E-state index in [1.807, 2.05) is 30.3 Å². The van der Waals surface area contributed by atoms with Gasteiger partial charge in [0.1, 0.15) is 5.76 Å². The average Bonchev–Trinajstić information content (AvgIpc) is 2.81. The number of carbonyl (C=O) groups is 1. The molecule has 0 saturated carbocycles. The van der Waals surface area contributed by atoms with Crippen molar-refractivity contribution in [3.05, 3.63) is 42.2 Å². The first-order valence-electron chi connectivity index (χ1n) is 5.09. The lowest BCUT2D eigenvalue weighted by molar-refractivity contribution is 0.101. The molecule has 0 unspecified atom stereocenters. The van der Waals surface area contributed by atoms with Crippen molar-refractivity contribution >= 4 is 11.5 Å². The normalized spacial score (nSPS) is 10.1. The molecular weight excluding hydrogens is 202 g/mol. The van der Waals surface area contributed by atoms with E-state index in [4.69, 9.17) is 4.42 Å². The number of furan rings is 1. The maximum atomic E-state index is 11.4. The standard InChI is InChI=1S/C13H13NO2/c1-9(15)11-6-5-10(8-12(11)14-2)13-4-3-7-16-13/h3-8,14H,1-2H3. The highest BCUT2D eigenvalue weighted by molar-refractivity contribution is 6.00. The molecule has 0 aliphatic heterocycles. The topological polar surface area (TPSA) is 42.2 Å². The Morgan fingerprint density at radius 3 is 2.69 bits per heavy atom. The Balaban J connectivity index is 2.49. The van der Waals surface area contributed by atoms with Crippen molar-refractivity contribution in [3.63, 3.8) is 0 Å². The third-order valence-corrected chi connectivity index (χ3v) is 2.47. The van der Waals surface area contributed by atoms with Gasteiger partial charge >= 0.3 is 0 Å². The van der Waals surface area contributed by atoms with Gasteiger partial charge in [0.2, 0.25) is 0 Å². The van der Waals surface area contributed by atoms with Crippen molar-refractivity contribution < 1.29 is 9.21 Å². The summed E-state index contributed by atoms with van der Waals surface area (Å²) in [6.07, 6.45) is 1.63. The van der Waals surface area contributed by atoms with Crippen LogP contribution < -0.4 is 5.32 Å². The molecule has 2 aromatic rings. The number of ketones is 1. The van der Waals surface area contributed by atoms with E-state index in [9.17, 15) is 4.79 Å². The smallest absolute Gasteiger partial charge is 0.161 e. The summed E-state index contributed by atoms with van der Waals surface area (Å²) in [7, 11) is 1.80. The van der Waals surface area contributed by atoms with Crippen LogP contribution in [0.15, 0.2) is 41.0 Å². The van der Waals surface area contributed by atoms with E-state index in [-0.39, 0.29) is 5.78 Å². The fourth-order valence-corrected chi connectivity index (χ4v) is 1.65. The first-order chi connectivity index (χ1) is 7.72. The van der Waals surface area contributed by atoms with Crippen LogP contribution in [0.5, 0.6) is 0 Å². The summed E-state index contributed by atoms with van der Waals surface area (Å²) in [4.78, 5) is 11.4. The highest BCUT2D eigenvalue weighted by atomic mass is 16.3. The summed E-state index contributed by atoms with van der Waals surface area (Å²) < 4.78 is 5.31. The SMILES string of the molecule is CNc1cc(-c2ccco2)ccc1C(C)=O. The van der Waals surface area contributed by atoms with E-state index >= 15 is 0 Å². The van der Waals surface area contributed by atoms with Crippen molar-refractivity contribution in [2.24, 2.45) is 0 Å². The first-order valence-corrected chi connectivity index (χ1v) is 5.09. The van der Waals surface area contributed by atoms with E-state index in [1.54, 1.807) is 20.2 Å². The van der Waals surface area contributed by atoms with Crippen LogP contribution >= 0.6 is 0 Å². The van der Waals surface area contributed by atoms with Crippen LogP contribution in [0.25, 0.3) is 11.3 Å². The zero-order valence-corrected chi connectivity index (χ0v) is 9.28. The van der Waals surface area contributed by atoms with Gasteiger partial charge in [0.25, 0.3) is 0 Å². The number of anilines is 1. The van der Waals surface area contributed by atoms with Crippen molar-refractivity contribution in [2.45, 2.75) is 6.92 Å². The molecule has 1 N–H and O–H groups in total. The highest BCUT2D eigenvalue weighted by Crippen LogP contribution is 2.26. The van der Waals surface area contributed by atoms with Gasteiger partial charge in [-0.3, -0.25) is 4.79 Å². The Bertz CT molecular complexity index is 501. The predicted octanol–water partition coefficient (Wildman–Crippen LogP) is 3.19. The Morgan fingerprint density at radius 1 is 1.31 bits per heavy atom. The number of nitrogens with one attached hydrogen (secondary N) is 1. The molecule has 3 nitrogen and oxygen atoms in total. The summed E-state index contributed by atoms with van der Waals surface area (Å²) in [6, 6.07) is 9.34. The minimum atomic E-state index is 0.0512. The van der Waals surface area contributed by atoms with Gasteiger partial charge in [-0.15, -0.1) is 0 Å². The van der Waals surface area contributed by atoms with E-state index in [0.29, 0.717) is 5.56 Å². The fraction of sp³-hybridized carbons (Fsp3) is 0.154. The highest BCUT2D eigenvalue weighted by Gasteiger charge is 2.08. The minimum Gasteiger partial charge on any atom is -0.464 e. The fourth-order valence-electron chi connectivity index (χ4n) is 1.65. The van der Waals surface area contributed by atoms with Crippen molar-refractivity contribution in [3.8, 4) is 11.3 Å². The van der Waals surface area contributed by atoms with Gasteiger partial charge in [-0.25, -0.2) is 0 Å². The molecule has 0 aliphatic carbocycles. The zero-order chi connectivity index (χ0) is 11.5. The van der Waals surface area contributed by atoms with Gasteiger partial charge in [0.15, 0.2) is 5.78 Å². The molecule has 0 aliphatic rings. The van der Waals surface area contributed by atoms with Gasteiger partial charge in [0.05, 0.1) is 6.26 Å². The van der Waals surface area contributed by atoms with Crippen LogP contribution in [-0.4, -0.2) is 12.8 Å². The lowest BCUT2D eigenvalue weighted by Gasteiger charge is -2.07. The van der Waals surface area contributed by atoms with Crippen LogP contribution in [0, 0.1) is 0 Å². The molecular formula is C13H13NO2. The Morgan fingerprint density at radius 2 is 2.12 bits per heavy atom. The van der Waals surface area contributed by atoms with Crippen molar-refractivity contribution in [1.29, 1.82) is 0 Å². The molecule has 0 bridgehead atoms. The molecule has 1 heterocycles. The summed E-state index contributed by atoms with van der Waals surface area (Å²) in [6.45, 7) is 1.56. The molecule has 0 saturated heterocycles. The molecule has 0 spiro atoms. The quantitative estimate of drug-likeness (QED) is 0.799. The molecule has 0 fully saturated rings. The summed E-state index contributed by atoms with van der Waals surface area (Å²) in [5, 5.41) is 3.02. The summed E-state index contributed by atoms with van der Waals surface area (Å²) in [5.74, 6) is 0.849. The number of hydrogen-bond acceptors (Lipinski definition) is 3. The third-order valence-electron chi connectivity index (χ3n) is 2.47. The van der Waals surface area contributed by atoms with Gasteiger partial charge in [0, 0.05) is 23.9 Å². The average molecular weight is 215 g/mol. The summed E-state index contributed by atoms with van der Waals surface area (Å²) >= 11 is 0. The monoisotopic (exact) mass is 215 g/mol. The first kappa shape index (κ1) is 10.5. The second kappa shape index (κ2) is 4.23. The van der Waals surface area contributed by atoms with Gasteiger partial charge in [-0.2, -0.15) is 0 Å². The maximum Gasteiger partial charge on any atom is 0.161 e. The van der Waals surface area contributed by atoms with Crippen LogP contribution in [0.4, 0.5) is 5.69 Å². The lowest BCUT2D eigenvalue weighted by Crippen LogP contribution is -2.00. The Kier molecular flexibility index (Phi) is 2.77. The molecule has 0 amide bonds. The van der Waals surface area contributed by atoms with Crippen molar-refractivity contribution in [2.75, 3.05) is 12.4 Å². The second-order valence-corrected chi connectivity index (χ2v) is 3.54. The second-order valence-electron chi connectivity index (χ2n) is 3.54. The van der Waals surface area contributed by atoms with Crippen LogP contribution in [0.2, 0.25) is 0 Å². The van der Waals surface area contributed by atoms with Crippen LogP contribution in [0.1, 0.15) is 17.3 Å². The minimum absolute atomic E-state index is 0.0512. The molecule has 16 heavy (non-hydrogen) atoms. The van der Waals surface area contributed by atoms with E-state index in [0.717, 1.165) is 17.0 Å². The molecule has 2 rings (SSSR count). The third kappa shape index (κ3) is 1.84. The molecule has 82 valence electrons. The molecule has 1 aromatic carbocycles. The largest absolute Gasteiger partial charge is 0.464 e. The molecule has 3 heteroatoms. The number of Topliss-reactive ketones (excluding diaryl/α,β-unsaturated/α-hetero) is 1. The molecule has 1 aromatic heterocycles. The molecule has 0 atom stereocenters. The number of rotatable bonds is 3. The van der Waals surface area contributed by atoms with Crippen LogP contribution in [0.3, 0.4) is 0 Å². The van der Waals surface area contributed by atoms with Gasteiger partial charge in [-0.1, -0.05) is 6.07 Å². The van der Waals surface area contributed by atoms with E-state index in [2.05, 4.69) is 5.32 Å². The van der Waals surface area contributed by atoms with Crippen LogP contribution in [-0.2, 0) is 0 Å². The number of benzene rings is 1. The number of hydrogen-bond donors (Lipinski definition) is 1.